The zero-order valence-electron chi connectivity index (χ0n) is 11.8. The minimum atomic E-state index is -3.22. The molecule has 0 fully saturated rings. The van der Waals surface area contributed by atoms with Crippen molar-refractivity contribution in [3.63, 3.8) is 0 Å². The first-order chi connectivity index (χ1) is 10.0. The fraction of sp³-hybridized carbons (Fsp3) is 0.429. The summed E-state index contributed by atoms with van der Waals surface area (Å²) in [5.41, 5.74) is 0. The Morgan fingerprint density at radius 2 is 2.19 bits per heavy atom. The van der Waals surface area contributed by atoms with Gasteiger partial charge in [0.1, 0.15) is 11.9 Å². The van der Waals surface area contributed by atoms with Crippen LogP contribution in [0.2, 0.25) is 0 Å². The maximum absolute atomic E-state index is 11.7. The normalized spacial score (nSPS) is 13.4. The molecule has 2 N–H and O–H groups in total. The number of sulfonamides is 1. The maximum atomic E-state index is 11.7. The molecule has 0 saturated heterocycles. The summed E-state index contributed by atoms with van der Waals surface area (Å²) in [5.74, 6) is 0.628. The van der Waals surface area contributed by atoms with Gasteiger partial charge in [-0.2, -0.15) is 0 Å². The molecule has 2 heterocycles. The van der Waals surface area contributed by atoms with Gasteiger partial charge in [0.15, 0.2) is 0 Å². The molecule has 0 aliphatic carbocycles. The molecular formula is C14H19NO4S2. The van der Waals surface area contributed by atoms with E-state index in [1.165, 1.54) is 17.6 Å². The largest absolute Gasteiger partial charge is 0.466 e. The van der Waals surface area contributed by atoms with Crippen molar-refractivity contribution in [2.24, 2.45) is 0 Å². The van der Waals surface area contributed by atoms with Crippen molar-refractivity contribution in [3.05, 3.63) is 46.0 Å². The van der Waals surface area contributed by atoms with Gasteiger partial charge < -0.3 is 9.52 Å². The smallest absolute Gasteiger partial charge is 0.211 e. The Labute approximate surface area is 128 Å². The van der Waals surface area contributed by atoms with E-state index in [1.807, 2.05) is 13.0 Å². The Kier molecular flexibility index (Phi) is 5.58. The van der Waals surface area contributed by atoms with E-state index in [1.54, 1.807) is 18.2 Å². The number of furan rings is 1. The van der Waals surface area contributed by atoms with Gasteiger partial charge in [0, 0.05) is 16.3 Å². The Hall–Kier alpha value is -1.15. The number of nitrogens with one attached hydrogen (secondary N) is 1. The first-order valence-electron chi connectivity index (χ1n) is 6.79. The third-order valence-electron chi connectivity index (χ3n) is 3.00. The molecule has 5 nitrogen and oxygen atoms in total. The molecule has 2 rings (SSSR count). The zero-order valence-corrected chi connectivity index (χ0v) is 13.4. The van der Waals surface area contributed by atoms with Crippen molar-refractivity contribution in [1.82, 2.24) is 4.72 Å². The van der Waals surface area contributed by atoms with E-state index in [0.29, 0.717) is 12.2 Å². The predicted octanol–water partition coefficient (Wildman–Crippen LogP) is 2.64. The monoisotopic (exact) mass is 329 g/mol. The van der Waals surface area contributed by atoms with Crippen molar-refractivity contribution in [1.29, 1.82) is 0 Å². The van der Waals surface area contributed by atoms with Gasteiger partial charge in [0.25, 0.3) is 0 Å². The summed E-state index contributed by atoms with van der Waals surface area (Å²) in [7, 11) is -3.22. The van der Waals surface area contributed by atoms with Gasteiger partial charge in [-0.3, -0.25) is 0 Å². The second-order valence-electron chi connectivity index (χ2n) is 4.72. The van der Waals surface area contributed by atoms with E-state index in [0.717, 1.165) is 16.2 Å². The van der Waals surface area contributed by atoms with Crippen LogP contribution in [-0.4, -0.2) is 19.3 Å². The Morgan fingerprint density at radius 3 is 2.86 bits per heavy atom. The molecule has 1 atom stereocenters. The molecule has 2 aromatic rings. The number of rotatable bonds is 8. The second kappa shape index (κ2) is 7.22. The van der Waals surface area contributed by atoms with Gasteiger partial charge >= 0.3 is 0 Å². The minimum absolute atomic E-state index is 0.150. The molecular weight excluding hydrogens is 310 g/mol. The van der Waals surface area contributed by atoms with Crippen LogP contribution < -0.4 is 4.72 Å². The van der Waals surface area contributed by atoms with E-state index >= 15 is 0 Å². The first kappa shape index (κ1) is 16.2. The quantitative estimate of drug-likeness (QED) is 0.780. The summed E-state index contributed by atoms with van der Waals surface area (Å²) < 4.78 is 31.2. The molecule has 0 aliphatic rings. The molecule has 0 spiro atoms. The lowest BCUT2D eigenvalue weighted by Gasteiger charge is -2.05. The van der Waals surface area contributed by atoms with Gasteiger partial charge in [0.05, 0.1) is 12.0 Å². The van der Waals surface area contributed by atoms with Crippen LogP contribution in [0.4, 0.5) is 0 Å². The third-order valence-corrected chi connectivity index (χ3v) is 5.55. The predicted molar refractivity (Wildman–Crippen MR) is 82.6 cm³/mol. The van der Waals surface area contributed by atoms with E-state index in [2.05, 4.69) is 4.72 Å². The number of aliphatic hydroxyl groups is 1. The summed E-state index contributed by atoms with van der Waals surface area (Å²) >= 11 is 1.37. The zero-order chi connectivity index (χ0) is 15.3. The number of unbranched alkanes of at least 4 members (excludes halogenated alkanes) is 1. The Balaban J connectivity index is 1.94. The average molecular weight is 329 g/mol. The summed E-state index contributed by atoms with van der Waals surface area (Å²) in [6.45, 7) is 2.21. The second-order valence-corrected chi connectivity index (χ2v) is 7.84. The van der Waals surface area contributed by atoms with E-state index in [9.17, 15) is 13.5 Å². The van der Waals surface area contributed by atoms with Crippen molar-refractivity contribution < 1.29 is 17.9 Å². The van der Waals surface area contributed by atoms with Gasteiger partial charge in [-0.1, -0.05) is 13.3 Å². The molecule has 0 aromatic carbocycles. The van der Waals surface area contributed by atoms with Gasteiger partial charge in [0.2, 0.25) is 10.0 Å². The highest BCUT2D eigenvalue weighted by atomic mass is 32.2. The Bertz CT molecular complexity index is 646. The molecule has 0 amide bonds. The fourth-order valence-corrected chi connectivity index (χ4v) is 4.04. The molecule has 0 aliphatic heterocycles. The topological polar surface area (TPSA) is 79.5 Å². The van der Waals surface area contributed by atoms with E-state index in [-0.39, 0.29) is 12.3 Å². The van der Waals surface area contributed by atoms with Crippen LogP contribution in [0.1, 0.15) is 41.4 Å². The molecule has 1 unspecified atom stereocenters. The molecule has 0 radical (unpaired) electrons. The summed E-state index contributed by atoms with van der Waals surface area (Å²) in [4.78, 5) is 1.59. The lowest BCUT2D eigenvalue weighted by molar-refractivity contribution is 0.193. The summed E-state index contributed by atoms with van der Waals surface area (Å²) in [5, 5.41) is 10.1. The molecule has 116 valence electrons. The number of hydrogen-bond donors (Lipinski definition) is 2. The van der Waals surface area contributed by atoms with Crippen molar-refractivity contribution >= 4 is 21.4 Å². The molecule has 7 heteroatoms. The lowest BCUT2D eigenvalue weighted by Crippen LogP contribution is -2.25. The summed E-state index contributed by atoms with van der Waals surface area (Å²) in [6, 6.07) is 7.02. The third kappa shape index (κ3) is 4.67. The standard InChI is InChI=1S/C14H19NO4S2/c1-2-3-9-21(17,18)15-10-11-6-7-13(20-11)14(16)12-5-4-8-19-12/h4-8,14-16H,2-3,9-10H2,1H3. The highest BCUT2D eigenvalue weighted by Gasteiger charge is 2.16. The van der Waals surface area contributed by atoms with Crippen LogP contribution in [0.5, 0.6) is 0 Å². The Morgan fingerprint density at radius 1 is 1.38 bits per heavy atom. The number of hydrogen-bond acceptors (Lipinski definition) is 5. The van der Waals surface area contributed by atoms with Crippen LogP contribution >= 0.6 is 11.3 Å². The molecule has 0 saturated carbocycles. The number of thiophene rings is 1. The molecule has 0 bridgehead atoms. The van der Waals surface area contributed by atoms with Crippen LogP contribution in [-0.2, 0) is 16.6 Å². The van der Waals surface area contributed by atoms with Crippen LogP contribution in [0.3, 0.4) is 0 Å². The van der Waals surface area contributed by atoms with E-state index < -0.39 is 16.1 Å². The van der Waals surface area contributed by atoms with Crippen LogP contribution in [0.25, 0.3) is 0 Å². The summed E-state index contributed by atoms with van der Waals surface area (Å²) in [6.07, 6.45) is 2.20. The SMILES string of the molecule is CCCCS(=O)(=O)NCc1ccc(C(O)c2ccco2)s1. The fourth-order valence-electron chi connectivity index (χ4n) is 1.81. The van der Waals surface area contributed by atoms with Crippen molar-refractivity contribution in [2.45, 2.75) is 32.4 Å². The van der Waals surface area contributed by atoms with E-state index in [4.69, 9.17) is 4.42 Å². The molecule has 2 aromatic heterocycles. The maximum Gasteiger partial charge on any atom is 0.211 e. The molecule has 21 heavy (non-hydrogen) atoms. The minimum Gasteiger partial charge on any atom is -0.466 e. The highest BCUT2D eigenvalue weighted by Crippen LogP contribution is 2.28. The van der Waals surface area contributed by atoms with Crippen molar-refractivity contribution in [3.8, 4) is 0 Å². The van der Waals surface area contributed by atoms with Crippen molar-refractivity contribution in [2.75, 3.05) is 5.75 Å². The van der Waals surface area contributed by atoms with Gasteiger partial charge in [-0.25, -0.2) is 13.1 Å². The lowest BCUT2D eigenvalue weighted by atomic mass is 10.2. The van der Waals surface area contributed by atoms with Crippen LogP contribution in [0, 0.1) is 0 Å². The van der Waals surface area contributed by atoms with Gasteiger partial charge in [-0.05, 0) is 30.7 Å². The average Bonchev–Trinajstić information content (AvgIpc) is 3.13. The highest BCUT2D eigenvalue weighted by molar-refractivity contribution is 7.89. The number of aliphatic hydroxyl groups excluding tert-OH is 1. The van der Waals surface area contributed by atoms with Gasteiger partial charge in [-0.15, -0.1) is 11.3 Å². The first-order valence-corrected chi connectivity index (χ1v) is 9.26. The van der Waals surface area contributed by atoms with Crippen LogP contribution in [0.15, 0.2) is 34.9 Å².